The lowest BCUT2D eigenvalue weighted by Gasteiger charge is -2.32. The van der Waals surface area contributed by atoms with Crippen LogP contribution >= 0.6 is 0 Å². The van der Waals surface area contributed by atoms with Crippen LogP contribution in [0, 0.1) is 5.92 Å². The number of likely N-dealkylation sites (tertiary alicyclic amines) is 1. The molecule has 6 nitrogen and oxygen atoms in total. The number of carbonyl (C=O) groups excluding carboxylic acids is 1. The van der Waals surface area contributed by atoms with Gasteiger partial charge < -0.3 is 19.1 Å². The number of rotatable bonds is 6. The Morgan fingerprint density at radius 1 is 1.19 bits per heavy atom. The Kier molecular flexibility index (Phi) is 5.94. The van der Waals surface area contributed by atoms with Gasteiger partial charge in [-0.15, -0.1) is 0 Å². The molecule has 1 aliphatic rings. The molecule has 2 heterocycles. The summed E-state index contributed by atoms with van der Waals surface area (Å²) < 4.78 is 16.2. The topological polar surface area (TPSA) is 60.9 Å². The SMILES string of the molecule is COc1cccc(OC[C@@H]2CCCN(C(=O)c3ccnc(OC)c3)C2)c1. The molecule has 1 fully saturated rings. The van der Waals surface area contributed by atoms with Crippen LogP contribution in [0.3, 0.4) is 0 Å². The molecule has 138 valence electrons. The first kappa shape index (κ1) is 18.0. The van der Waals surface area contributed by atoms with E-state index in [0.29, 0.717) is 30.5 Å². The highest BCUT2D eigenvalue weighted by molar-refractivity contribution is 5.94. The molecule has 2 aromatic rings. The zero-order chi connectivity index (χ0) is 18.4. The molecular weight excluding hydrogens is 332 g/mol. The zero-order valence-corrected chi connectivity index (χ0v) is 15.2. The van der Waals surface area contributed by atoms with Crippen LogP contribution in [0.25, 0.3) is 0 Å². The largest absolute Gasteiger partial charge is 0.497 e. The van der Waals surface area contributed by atoms with E-state index in [1.807, 2.05) is 29.2 Å². The maximum absolute atomic E-state index is 12.8. The number of hydrogen-bond donors (Lipinski definition) is 0. The maximum atomic E-state index is 12.8. The van der Waals surface area contributed by atoms with Crippen molar-refractivity contribution in [2.45, 2.75) is 12.8 Å². The maximum Gasteiger partial charge on any atom is 0.254 e. The Balaban J connectivity index is 1.58. The second-order valence-corrected chi connectivity index (χ2v) is 6.34. The van der Waals surface area contributed by atoms with Crippen molar-refractivity contribution < 1.29 is 19.0 Å². The summed E-state index contributed by atoms with van der Waals surface area (Å²) in [4.78, 5) is 18.7. The number of nitrogens with zero attached hydrogens (tertiary/aromatic N) is 2. The number of benzene rings is 1. The summed E-state index contributed by atoms with van der Waals surface area (Å²) in [6.07, 6.45) is 3.62. The lowest BCUT2D eigenvalue weighted by atomic mass is 9.98. The van der Waals surface area contributed by atoms with Gasteiger partial charge in [0.2, 0.25) is 5.88 Å². The monoisotopic (exact) mass is 356 g/mol. The van der Waals surface area contributed by atoms with Gasteiger partial charge in [-0.2, -0.15) is 0 Å². The lowest BCUT2D eigenvalue weighted by molar-refractivity contribution is 0.0633. The Labute approximate surface area is 153 Å². The molecule has 1 aliphatic heterocycles. The highest BCUT2D eigenvalue weighted by atomic mass is 16.5. The number of methoxy groups -OCH3 is 2. The predicted molar refractivity (Wildman–Crippen MR) is 97.9 cm³/mol. The molecule has 26 heavy (non-hydrogen) atoms. The normalized spacial score (nSPS) is 16.8. The lowest BCUT2D eigenvalue weighted by Crippen LogP contribution is -2.41. The van der Waals surface area contributed by atoms with Gasteiger partial charge >= 0.3 is 0 Å². The summed E-state index contributed by atoms with van der Waals surface area (Å²) in [6.45, 7) is 2.03. The summed E-state index contributed by atoms with van der Waals surface area (Å²) >= 11 is 0. The Morgan fingerprint density at radius 2 is 2.04 bits per heavy atom. The van der Waals surface area contributed by atoms with Crippen LogP contribution in [0.4, 0.5) is 0 Å². The van der Waals surface area contributed by atoms with Crippen LogP contribution in [0.15, 0.2) is 42.6 Å². The van der Waals surface area contributed by atoms with Crippen LogP contribution in [-0.2, 0) is 0 Å². The van der Waals surface area contributed by atoms with Gasteiger partial charge in [-0.25, -0.2) is 4.98 Å². The van der Waals surface area contributed by atoms with E-state index in [2.05, 4.69) is 4.98 Å². The van der Waals surface area contributed by atoms with E-state index in [0.717, 1.165) is 30.9 Å². The smallest absolute Gasteiger partial charge is 0.254 e. The number of hydrogen-bond acceptors (Lipinski definition) is 5. The van der Waals surface area contributed by atoms with Gasteiger partial charge in [-0.3, -0.25) is 4.79 Å². The van der Waals surface area contributed by atoms with Crippen molar-refractivity contribution in [2.24, 2.45) is 5.92 Å². The Morgan fingerprint density at radius 3 is 2.85 bits per heavy atom. The fraction of sp³-hybridized carbons (Fsp3) is 0.400. The number of piperidine rings is 1. The van der Waals surface area contributed by atoms with Crippen molar-refractivity contribution in [1.82, 2.24) is 9.88 Å². The molecule has 0 N–H and O–H groups in total. The van der Waals surface area contributed by atoms with Crippen molar-refractivity contribution in [1.29, 1.82) is 0 Å². The fourth-order valence-corrected chi connectivity index (χ4v) is 3.13. The van der Waals surface area contributed by atoms with Gasteiger partial charge in [0.15, 0.2) is 0 Å². The molecule has 1 aromatic heterocycles. The van der Waals surface area contributed by atoms with E-state index >= 15 is 0 Å². The Bertz CT molecular complexity index is 750. The fourth-order valence-electron chi connectivity index (χ4n) is 3.13. The molecule has 0 saturated carbocycles. The number of carbonyl (C=O) groups is 1. The summed E-state index contributed by atoms with van der Waals surface area (Å²) in [5.74, 6) is 2.33. The minimum Gasteiger partial charge on any atom is -0.497 e. The highest BCUT2D eigenvalue weighted by Crippen LogP contribution is 2.23. The summed E-state index contributed by atoms with van der Waals surface area (Å²) in [6, 6.07) is 11.0. The summed E-state index contributed by atoms with van der Waals surface area (Å²) in [5, 5.41) is 0. The van der Waals surface area contributed by atoms with E-state index in [9.17, 15) is 4.79 Å². The van der Waals surface area contributed by atoms with Crippen molar-refractivity contribution in [2.75, 3.05) is 33.9 Å². The predicted octanol–water partition coefficient (Wildman–Crippen LogP) is 3.03. The Hall–Kier alpha value is -2.76. The van der Waals surface area contributed by atoms with E-state index < -0.39 is 0 Å². The van der Waals surface area contributed by atoms with Gasteiger partial charge in [-0.1, -0.05) is 6.07 Å². The van der Waals surface area contributed by atoms with E-state index in [1.54, 1.807) is 32.5 Å². The van der Waals surface area contributed by atoms with E-state index in [-0.39, 0.29) is 5.91 Å². The summed E-state index contributed by atoms with van der Waals surface area (Å²) in [7, 11) is 3.18. The molecule has 6 heteroatoms. The van der Waals surface area contributed by atoms with Crippen molar-refractivity contribution in [3.05, 3.63) is 48.2 Å². The number of aromatic nitrogens is 1. The second-order valence-electron chi connectivity index (χ2n) is 6.34. The minimum atomic E-state index is 0.0109. The van der Waals surface area contributed by atoms with Gasteiger partial charge in [0.05, 0.1) is 20.8 Å². The van der Waals surface area contributed by atoms with Gasteiger partial charge in [-0.05, 0) is 31.0 Å². The van der Waals surface area contributed by atoms with Crippen molar-refractivity contribution >= 4 is 5.91 Å². The molecule has 1 amide bonds. The molecule has 1 aromatic carbocycles. The molecule has 0 aliphatic carbocycles. The van der Waals surface area contributed by atoms with Crippen LogP contribution in [0.1, 0.15) is 23.2 Å². The average Bonchev–Trinajstić information content (AvgIpc) is 2.72. The molecule has 3 rings (SSSR count). The van der Waals surface area contributed by atoms with Gasteiger partial charge in [0, 0.05) is 42.9 Å². The van der Waals surface area contributed by atoms with Crippen LogP contribution in [0.5, 0.6) is 17.4 Å². The van der Waals surface area contributed by atoms with Crippen LogP contribution in [-0.4, -0.2) is 49.7 Å². The second kappa shape index (κ2) is 8.56. The third kappa shape index (κ3) is 4.45. The van der Waals surface area contributed by atoms with Crippen LogP contribution in [0.2, 0.25) is 0 Å². The first-order valence-corrected chi connectivity index (χ1v) is 8.76. The molecule has 1 atom stereocenters. The number of amides is 1. The first-order chi connectivity index (χ1) is 12.7. The van der Waals surface area contributed by atoms with Crippen molar-refractivity contribution in [3.8, 4) is 17.4 Å². The standard InChI is InChI=1S/C20H24N2O4/c1-24-17-6-3-7-18(12-17)26-14-15-5-4-10-22(13-15)20(23)16-8-9-21-19(11-16)25-2/h3,6-9,11-12,15H,4-5,10,13-14H2,1-2H3/t15-/m1/s1. The van der Waals surface area contributed by atoms with Crippen molar-refractivity contribution in [3.63, 3.8) is 0 Å². The first-order valence-electron chi connectivity index (χ1n) is 8.76. The quantitative estimate of drug-likeness (QED) is 0.796. The minimum absolute atomic E-state index is 0.0109. The highest BCUT2D eigenvalue weighted by Gasteiger charge is 2.25. The van der Waals surface area contributed by atoms with Crippen LogP contribution < -0.4 is 14.2 Å². The molecule has 0 unspecified atom stereocenters. The molecule has 0 radical (unpaired) electrons. The zero-order valence-electron chi connectivity index (χ0n) is 15.2. The van der Waals surface area contributed by atoms with Gasteiger partial charge in [0.25, 0.3) is 5.91 Å². The van der Waals surface area contributed by atoms with E-state index in [1.165, 1.54) is 0 Å². The number of ether oxygens (including phenoxy) is 3. The molecule has 0 bridgehead atoms. The molecule has 1 saturated heterocycles. The van der Waals surface area contributed by atoms with E-state index in [4.69, 9.17) is 14.2 Å². The third-order valence-electron chi connectivity index (χ3n) is 4.52. The third-order valence-corrected chi connectivity index (χ3v) is 4.52. The molecular formula is C20H24N2O4. The van der Waals surface area contributed by atoms with Gasteiger partial charge in [0.1, 0.15) is 11.5 Å². The molecule has 0 spiro atoms. The summed E-state index contributed by atoms with van der Waals surface area (Å²) in [5.41, 5.74) is 0.603. The average molecular weight is 356 g/mol. The number of pyridine rings is 1.